The lowest BCUT2D eigenvalue weighted by Crippen LogP contribution is -2.27. The molecule has 0 fully saturated rings. The Balaban J connectivity index is 1.68. The second kappa shape index (κ2) is 7.84. The van der Waals surface area contributed by atoms with Crippen LogP contribution in [0.4, 0.5) is 0 Å². The molecule has 1 N–H and O–H groups in total. The zero-order valence-electron chi connectivity index (χ0n) is 16.8. The maximum absolute atomic E-state index is 12.5. The lowest BCUT2D eigenvalue weighted by Gasteiger charge is -2.19. The number of benzene rings is 2. The highest BCUT2D eigenvalue weighted by Crippen LogP contribution is 2.23. The number of methoxy groups -OCH3 is 1. The van der Waals surface area contributed by atoms with Crippen LogP contribution in [-0.2, 0) is 5.41 Å². The smallest absolute Gasteiger partial charge is 0.251 e. The monoisotopic (exact) mass is 379 g/mol. The highest BCUT2D eigenvalue weighted by molar-refractivity contribution is 5.94. The SMILES string of the molecule is COc1ccc(-c2noc(C(C)NC(=O)c3ccc(C(C)(C)C)cc3)n2)cc1. The molecule has 1 unspecified atom stereocenters. The summed E-state index contributed by atoms with van der Waals surface area (Å²) < 4.78 is 10.5. The molecule has 0 saturated heterocycles. The van der Waals surface area contributed by atoms with Crippen molar-refractivity contribution in [3.63, 3.8) is 0 Å². The van der Waals surface area contributed by atoms with Crippen LogP contribution >= 0.6 is 0 Å². The average molecular weight is 379 g/mol. The Labute approximate surface area is 164 Å². The predicted octanol–water partition coefficient (Wildman–Crippen LogP) is 4.53. The van der Waals surface area contributed by atoms with E-state index in [1.807, 2.05) is 55.5 Å². The number of hydrogen-bond donors (Lipinski definition) is 1. The molecule has 6 heteroatoms. The maximum Gasteiger partial charge on any atom is 0.251 e. The van der Waals surface area contributed by atoms with E-state index in [1.54, 1.807) is 7.11 Å². The van der Waals surface area contributed by atoms with Crippen LogP contribution in [-0.4, -0.2) is 23.2 Å². The van der Waals surface area contributed by atoms with Crippen LogP contribution in [0.1, 0.15) is 55.5 Å². The van der Waals surface area contributed by atoms with Crippen molar-refractivity contribution in [3.8, 4) is 17.1 Å². The minimum Gasteiger partial charge on any atom is -0.497 e. The van der Waals surface area contributed by atoms with Crippen LogP contribution in [0.25, 0.3) is 11.4 Å². The Morgan fingerprint density at radius 2 is 1.71 bits per heavy atom. The third-order valence-electron chi connectivity index (χ3n) is 4.52. The fourth-order valence-electron chi connectivity index (χ4n) is 2.73. The summed E-state index contributed by atoms with van der Waals surface area (Å²) in [7, 11) is 1.61. The van der Waals surface area contributed by atoms with Gasteiger partial charge in [0.1, 0.15) is 11.8 Å². The Morgan fingerprint density at radius 3 is 2.29 bits per heavy atom. The molecule has 1 heterocycles. The summed E-state index contributed by atoms with van der Waals surface area (Å²) in [6.07, 6.45) is 0. The molecule has 28 heavy (non-hydrogen) atoms. The van der Waals surface area contributed by atoms with Crippen LogP contribution in [0, 0.1) is 0 Å². The van der Waals surface area contributed by atoms with E-state index in [1.165, 1.54) is 5.56 Å². The van der Waals surface area contributed by atoms with Crippen molar-refractivity contribution in [2.24, 2.45) is 0 Å². The van der Waals surface area contributed by atoms with Gasteiger partial charge in [-0.2, -0.15) is 4.98 Å². The zero-order chi connectivity index (χ0) is 20.3. The summed E-state index contributed by atoms with van der Waals surface area (Å²) in [5.41, 5.74) is 2.63. The second-order valence-electron chi connectivity index (χ2n) is 7.71. The summed E-state index contributed by atoms with van der Waals surface area (Å²) in [6, 6.07) is 14.6. The van der Waals surface area contributed by atoms with E-state index in [0.717, 1.165) is 11.3 Å². The van der Waals surface area contributed by atoms with Crippen LogP contribution in [0.3, 0.4) is 0 Å². The molecule has 0 radical (unpaired) electrons. The summed E-state index contributed by atoms with van der Waals surface area (Å²) in [4.78, 5) is 16.9. The van der Waals surface area contributed by atoms with Crippen molar-refractivity contribution in [1.82, 2.24) is 15.5 Å². The predicted molar refractivity (Wildman–Crippen MR) is 107 cm³/mol. The third kappa shape index (κ3) is 4.39. The summed E-state index contributed by atoms with van der Waals surface area (Å²) in [5.74, 6) is 1.39. The molecule has 3 aromatic rings. The van der Waals surface area contributed by atoms with E-state index >= 15 is 0 Å². The van der Waals surface area contributed by atoms with Gasteiger partial charge in [0.2, 0.25) is 11.7 Å². The van der Waals surface area contributed by atoms with Crippen molar-refractivity contribution in [2.75, 3.05) is 7.11 Å². The lowest BCUT2D eigenvalue weighted by atomic mass is 9.86. The Bertz CT molecular complexity index is 938. The maximum atomic E-state index is 12.5. The van der Waals surface area contributed by atoms with Gasteiger partial charge in [-0.3, -0.25) is 4.79 Å². The van der Waals surface area contributed by atoms with E-state index in [2.05, 4.69) is 36.2 Å². The fraction of sp³-hybridized carbons (Fsp3) is 0.318. The van der Waals surface area contributed by atoms with E-state index < -0.39 is 6.04 Å². The van der Waals surface area contributed by atoms with Crippen molar-refractivity contribution in [3.05, 3.63) is 65.5 Å². The minimum absolute atomic E-state index is 0.0455. The summed E-state index contributed by atoms with van der Waals surface area (Å²) in [5, 5.41) is 6.90. The number of amides is 1. The molecular formula is C22H25N3O3. The Kier molecular flexibility index (Phi) is 5.49. The normalized spacial score (nSPS) is 12.5. The van der Waals surface area contributed by atoms with Crippen molar-refractivity contribution in [2.45, 2.75) is 39.2 Å². The second-order valence-corrected chi connectivity index (χ2v) is 7.71. The van der Waals surface area contributed by atoms with Gasteiger partial charge >= 0.3 is 0 Å². The molecule has 0 spiro atoms. The third-order valence-corrected chi connectivity index (χ3v) is 4.52. The van der Waals surface area contributed by atoms with Gasteiger partial charge in [0.15, 0.2) is 0 Å². The average Bonchev–Trinajstić information content (AvgIpc) is 3.18. The summed E-state index contributed by atoms with van der Waals surface area (Å²) >= 11 is 0. The number of carbonyl (C=O) groups excluding carboxylic acids is 1. The Morgan fingerprint density at radius 1 is 1.07 bits per heavy atom. The molecule has 6 nitrogen and oxygen atoms in total. The lowest BCUT2D eigenvalue weighted by molar-refractivity contribution is 0.0932. The van der Waals surface area contributed by atoms with Crippen molar-refractivity contribution in [1.29, 1.82) is 0 Å². The van der Waals surface area contributed by atoms with E-state index in [4.69, 9.17) is 9.26 Å². The van der Waals surface area contributed by atoms with Gasteiger partial charge in [-0.15, -0.1) is 0 Å². The first-order valence-corrected chi connectivity index (χ1v) is 9.17. The number of ether oxygens (including phenoxy) is 1. The molecule has 0 bridgehead atoms. The first-order valence-electron chi connectivity index (χ1n) is 9.17. The van der Waals surface area contributed by atoms with Gasteiger partial charge in [0.05, 0.1) is 7.11 Å². The molecule has 1 atom stereocenters. The standard InChI is InChI=1S/C22H25N3O3/c1-14(23-20(26)16-6-10-17(11-7-16)22(2,3)4)21-24-19(25-28-21)15-8-12-18(27-5)13-9-15/h6-14H,1-5H3,(H,23,26). The first-order chi connectivity index (χ1) is 13.3. The molecule has 2 aromatic carbocycles. The molecule has 0 saturated carbocycles. The topological polar surface area (TPSA) is 77.3 Å². The van der Waals surface area contributed by atoms with Crippen LogP contribution in [0.15, 0.2) is 53.1 Å². The van der Waals surface area contributed by atoms with Gasteiger partial charge in [-0.25, -0.2) is 0 Å². The number of aromatic nitrogens is 2. The van der Waals surface area contributed by atoms with Gasteiger partial charge in [-0.05, 0) is 54.3 Å². The molecule has 146 valence electrons. The van der Waals surface area contributed by atoms with Gasteiger partial charge in [0.25, 0.3) is 5.91 Å². The molecule has 1 amide bonds. The molecule has 0 aliphatic heterocycles. The highest BCUT2D eigenvalue weighted by Gasteiger charge is 2.19. The van der Waals surface area contributed by atoms with Crippen molar-refractivity contribution < 1.29 is 14.1 Å². The summed E-state index contributed by atoms with van der Waals surface area (Å²) in [6.45, 7) is 8.23. The molecular weight excluding hydrogens is 354 g/mol. The number of nitrogens with zero attached hydrogens (tertiary/aromatic N) is 2. The number of nitrogens with one attached hydrogen (secondary N) is 1. The number of carbonyl (C=O) groups is 1. The van der Waals surface area contributed by atoms with Crippen LogP contribution in [0.2, 0.25) is 0 Å². The van der Waals surface area contributed by atoms with E-state index in [-0.39, 0.29) is 11.3 Å². The molecule has 1 aromatic heterocycles. The van der Waals surface area contributed by atoms with Crippen molar-refractivity contribution >= 4 is 5.91 Å². The van der Waals surface area contributed by atoms with Crippen LogP contribution < -0.4 is 10.1 Å². The number of rotatable bonds is 5. The first kappa shape index (κ1) is 19.6. The minimum atomic E-state index is -0.408. The number of hydrogen-bond acceptors (Lipinski definition) is 5. The van der Waals surface area contributed by atoms with Crippen LogP contribution in [0.5, 0.6) is 5.75 Å². The van der Waals surface area contributed by atoms with Gasteiger partial charge < -0.3 is 14.6 Å². The molecule has 0 aliphatic carbocycles. The Hall–Kier alpha value is -3.15. The van der Waals surface area contributed by atoms with E-state index in [0.29, 0.717) is 17.3 Å². The zero-order valence-corrected chi connectivity index (χ0v) is 16.8. The molecule has 3 rings (SSSR count). The van der Waals surface area contributed by atoms with E-state index in [9.17, 15) is 4.79 Å². The molecule has 0 aliphatic rings. The van der Waals surface area contributed by atoms with Gasteiger partial charge in [0, 0.05) is 11.1 Å². The highest BCUT2D eigenvalue weighted by atomic mass is 16.5. The fourth-order valence-corrected chi connectivity index (χ4v) is 2.73. The quantitative estimate of drug-likeness (QED) is 0.704. The van der Waals surface area contributed by atoms with Gasteiger partial charge in [-0.1, -0.05) is 38.1 Å². The largest absolute Gasteiger partial charge is 0.497 e.